The first-order valence-corrected chi connectivity index (χ1v) is 9.39. The van der Waals surface area contributed by atoms with E-state index in [1.165, 1.54) is 4.31 Å². The van der Waals surface area contributed by atoms with E-state index in [1.54, 1.807) is 0 Å². The number of hydrogen-bond acceptors (Lipinski definition) is 3. The van der Waals surface area contributed by atoms with Crippen molar-refractivity contribution in [2.45, 2.75) is 19.1 Å². The van der Waals surface area contributed by atoms with Crippen LogP contribution in [0.4, 0.5) is 0 Å². The van der Waals surface area contributed by atoms with E-state index < -0.39 is 10.0 Å². The maximum atomic E-state index is 12.7. The predicted molar refractivity (Wildman–Crippen MR) is 94.6 cm³/mol. The van der Waals surface area contributed by atoms with Crippen LogP contribution in [-0.2, 0) is 22.2 Å². The molecule has 0 fully saturated rings. The zero-order valence-electron chi connectivity index (χ0n) is 13.5. The Morgan fingerprint density at radius 2 is 1.65 bits per heavy atom. The van der Waals surface area contributed by atoms with Gasteiger partial charge in [-0.25, -0.2) is 12.7 Å². The molecular weight excluding hydrogens is 308 g/mol. The fourth-order valence-corrected chi connectivity index (χ4v) is 4.07. The molecule has 0 aliphatic carbocycles. The van der Waals surface area contributed by atoms with E-state index in [-0.39, 0.29) is 5.75 Å². The van der Waals surface area contributed by atoms with Gasteiger partial charge in [0.05, 0.1) is 5.75 Å². The van der Waals surface area contributed by atoms with E-state index in [9.17, 15) is 8.42 Å². The lowest BCUT2D eigenvalue weighted by molar-refractivity contribution is 0.421. The second-order valence-electron chi connectivity index (χ2n) is 5.67. The van der Waals surface area contributed by atoms with Crippen molar-refractivity contribution in [2.75, 3.05) is 19.6 Å². The van der Waals surface area contributed by atoms with Crippen LogP contribution in [0.25, 0.3) is 0 Å². The van der Waals surface area contributed by atoms with E-state index >= 15 is 0 Å². The van der Waals surface area contributed by atoms with E-state index in [4.69, 9.17) is 5.73 Å². The maximum absolute atomic E-state index is 12.7. The minimum atomic E-state index is -3.37. The average Bonchev–Trinajstić information content (AvgIpc) is 2.52. The number of hydrogen-bond donors (Lipinski definition) is 1. The maximum Gasteiger partial charge on any atom is 0.218 e. The van der Waals surface area contributed by atoms with Crippen LogP contribution in [-0.4, -0.2) is 32.4 Å². The molecule has 0 amide bonds. The lowest BCUT2D eigenvalue weighted by Crippen LogP contribution is -2.37. The summed E-state index contributed by atoms with van der Waals surface area (Å²) < 4.78 is 26.9. The molecule has 0 aliphatic heterocycles. The highest BCUT2D eigenvalue weighted by atomic mass is 32.2. The van der Waals surface area contributed by atoms with Crippen molar-refractivity contribution in [1.29, 1.82) is 0 Å². The lowest BCUT2D eigenvalue weighted by atomic mass is 10.1. The molecule has 4 nitrogen and oxygen atoms in total. The Labute approximate surface area is 139 Å². The topological polar surface area (TPSA) is 63.4 Å². The summed E-state index contributed by atoms with van der Waals surface area (Å²) >= 11 is 0. The zero-order valence-corrected chi connectivity index (χ0v) is 14.3. The highest BCUT2D eigenvalue weighted by molar-refractivity contribution is 7.88. The van der Waals surface area contributed by atoms with Crippen molar-refractivity contribution >= 4 is 10.0 Å². The molecule has 23 heavy (non-hydrogen) atoms. The smallest absolute Gasteiger partial charge is 0.218 e. The van der Waals surface area contributed by atoms with E-state index in [0.717, 1.165) is 16.7 Å². The standard InChI is InChI=1S/C18H24N2O2S/c1-16-6-5-9-18(14-16)15-23(21,22)20(13-11-19)12-10-17-7-3-2-4-8-17/h2-9,14H,10-13,15,19H2,1H3. The van der Waals surface area contributed by atoms with Gasteiger partial charge in [0.15, 0.2) is 0 Å². The molecule has 0 saturated heterocycles. The lowest BCUT2D eigenvalue weighted by Gasteiger charge is -2.21. The van der Waals surface area contributed by atoms with Crippen LogP contribution in [0.15, 0.2) is 54.6 Å². The molecule has 0 saturated carbocycles. The summed E-state index contributed by atoms with van der Waals surface area (Å²) in [5.74, 6) is 0.0173. The van der Waals surface area contributed by atoms with Gasteiger partial charge >= 0.3 is 0 Å². The van der Waals surface area contributed by atoms with E-state index in [2.05, 4.69) is 0 Å². The minimum absolute atomic E-state index is 0.0173. The molecule has 0 aromatic heterocycles. The van der Waals surface area contributed by atoms with Crippen molar-refractivity contribution < 1.29 is 8.42 Å². The molecule has 0 aliphatic rings. The number of aryl methyl sites for hydroxylation is 1. The van der Waals surface area contributed by atoms with Crippen molar-refractivity contribution in [3.05, 3.63) is 71.3 Å². The molecule has 2 aromatic rings. The molecule has 0 heterocycles. The summed E-state index contributed by atoms with van der Waals surface area (Å²) in [6, 6.07) is 17.5. The highest BCUT2D eigenvalue weighted by Crippen LogP contribution is 2.13. The van der Waals surface area contributed by atoms with Crippen LogP contribution in [0.2, 0.25) is 0 Å². The van der Waals surface area contributed by atoms with Gasteiger partial charge in [-0.05, 0) is 24.5 Å². The highest BCUT2D eigenvalue weighted by Gasteiger charge is 2.21. The average molecular weight is 332 g/mol. The Bertz CT molecular complexity index is 715. The van der Waals surface area contributed by atoms with Gasteiger partial charge in [-0.15, -0.1) is 0 Å². The normalized spacial score (nSPS) is 11.8. The van der Waals surface area contributed by atoms with E-state index in [0.29, 0.717) is 26.1 Å². The molecule has 0 spiro atoms. The van der Waals surface area contributed by atoms with Gasteiger partial charge < -0.3 is 5.73 Å². The van der Waals surface area contributed by atoms with Gasteiger partial charge in [0.1, 0.15) is 0 Å². The Morgan fingerprint density at radius 1 is 0.957 bits per heavy atom. The number of nitrogens with two attached hydrogens (primary N) is 1. The third kappa shape index (κ3) is 5.46. The molecule has 2 aromatic carbocycles. The minimum Gasteiger partial charge on any atom is -0.329 e. The molecule has 0 unspecified atom stereocenters. The Hall–Kier alpha value is -1.69. The summed E-state index contributed by atoms with van der Waals surface area (Å²) in [6.07, 6.45) is 0.688. The largest absolute Gasteiger partial charge is 0.329 e. The second-order valence-corrected chi connectivity index (χ2v) is 7.64. The molecule has 0 atom stereocenters. The third-order valence-corrected chi connectivity index (χ3v) is 5.55. The van der Waals surface area contributed by atoms with Gasteiger partial charge in [0.2, 0.25) is 10.0 Å². The third-order valence-electron chi connectivity index (χ3n) is 3.70. The van der Waals surface area contributed by atoms with Crippen molar-refractivity contribution in [3.63, 3.8) is 0 Å². The number of sulfonamides is 1. The van der Waals surface area contributed by atoms with Crippen molar-refractivity contribution in [1.82, 2.24) is 4.31 Å². The fraction of sp³-hybridized carbons (Fsp3) is 0.333. The molecule has 0 bridgehead atoms. The van der Waals surface area contributed by atoms with Crippen LogP contribution >= 0.6 is 0 Å². The van der Waals surface area contributed by atoms with Crippen molar-refractivity contribution in [3.8, 4) is 0 Å². The van der Waals surface area contributed by atoms with Gasteiger partial charge in [-0.1, -0.05) is 60.2 Å². The van der Waals surface area contributed by atoms with Crippen molar-refractivity contribution in [2.24, 2.45) is 5.73 Å². The summed E-state index contributed by atoms with van der Waals surface area (Å²) in [5, 5.41) is 0. The van der Waals surface area contributed by atoms with E-state index in [1.807, 2.05) is 61.5 Å². The predicted octanol–water partition coefficient (Wildman–Crippen LogP) is 2.33. The summed E-state index contributed by atoms with van der Waals surface area (Å²) in [4.78, 5) is 0. The first-order chi connectivity index (χ1) is 11.0. The first kappa shape index (κ1) is 17.7. The summed E-state index contributed by atoms with van der Waals surface area (Å²) in [7, 11) is -3.37. The number of nitrogens with zero attached hydrogens (tertiary/aromatic N) is 1. The van der Waals surface area contributed by atoms with Crippen LogP contribution in [0.3, 0.4) is 0 Å². The van der Waals surface area contributed by atoms with Gasteiger partial charge in [0.25, 0.3) is 0 Å². The first-order valence-electron chi connectivity index (χ1n) is 7.78. The summed E-state index contributed by atoms with van der Waals surface area (Å²) in [5.41, 5.74) is 8.61. The SMILES string of the molecule is Cc1cccc(CS(=O)(=O)N(CCN)CCc2ccccc2)c1. The number of benzene rings is 2. The summed E-state index contributed by atoms with van der Waals surface area (Å²) in [6.45, 7) is 3.08. The molecule has 5 heteroatoms. The molecule has 124 valence electrons. The van der Waals surface area contributed by atoms with Gasteiger partial charge in [-0.2, -0.15) is 0 Å². The zero-order chi connectivity index (χ0) is 16.7. The van der Waals surface area contributed by atoms with Crippen LogP contribution in [0.1, 0.15) is 16.7 Å². The second kappa shape index (κ2) is 8.24. The molecule has 2 rings (SSSR count). The Kier molecular flexibility index (Phi) is 6.33. The monoisotopic (exact) mass is 332 g/mol. The van der Waals surface area contributed by atoms with Gasteiger partial charge in [0, 0.05) is 19.6 Å². The molecule has 0 radical (unpaired) electrons. The molecular formula is C18H24N2O2S. The molecule has 2 N–H and O–H groups in total. The van der Waals surface area contributed by atoms with Crippen LogP contribution in [0.5, 0.6) is 0 Å². The Balaban J connectivity index is 2.08. The Morgan fingerprint density at radius 3 is 2.30 bits per heavy atom. The fourth-order valence-electron chi connectivity index (χ4n) is 2.54. The van der Waals surface area contributed by atoms with Gasteiger partial charge in [-0.3, -0.25) is 0 Å². The van der Waals surface area contributed by atoms with Crippen LogP contribution in [0, 0.1) is 6.92 Å². The van der Waals surface area contributed by atoms with Crippen LogP contribution < -0.4 is 5.73 Å². The number of rotatable bonds is 8. The quantitative estimate of drug-likeness (QED) is 0.807.